The average molecular weight is 307 g/mol. The Bertz CT molecular complexity index is 833. The van der Waals surface area contributed by atoms with Crippen molar-refractivity contribution < 1.29 is 19.0 Å². The largest absolute Gasteiger partial charge is 0.496 e. The molecule has 1 aliphatic rings. The number of para-hydroxylation sites is 1. The molecule has 23 heavy (non-hydrogen) atoms. The summed E-state index contributed by atoms with van der Waals surface area (Å²) >= 11 is 0. The second kappa shape index (κ2) is 6.24. The van der Waals surface area contributed by atoms with Gasteiger partial charge < -0.3 is 14.2 Å². The summed E-state index contributed by atoms with van der Waals surface area (Å²) < 4.78 is 15.7. The Morgan fingerprint density at radius 2 is 2.00 bits per heavy atom. The van der Waals surface area contributed by atoms with E-state index < -0.39 is 0 Å². The van der Waals surface area contributed by atoms with Crippen LogP contribution in [0.5, 0.6) is 17.2 Å². The van der Waals surface area contributed by atoms with Gasteiger partial charge in [-0.2, -0.15) is 5.26 Å². The first-order valence-electron chi connectivity index (χ1n) is 6.92. The Morgan fingerprint density at radius 3 is 2.78 bits per heavy atom. The number of nitriles is 1. The molecule has 2 aromatic carbocycles. The minimum Gasteiger partial charge on any atom is -0.496 e. The lowest BCUT2D eigenvalue weighted by Gasteiger charge is -2.05. The van der Waals surface area contributed by atoms with Crippen molar-refractivity contribution in [1.29, 1.82) is 5.26 Å². The fourth-order valence-electron chi connectivity index (χ4n) is 2.28. The van der Waals surface area contributed by atoms with Gasteiger partial charge in [-0.3, -0.25) is 4.79 Å². The lowest BCUT2D eigenvalue weighted by molar-refractivity contribution is 0.103. The van der Waals surface area contributed by atoms with Crippen LogP contribution >= 0.6 is 0 Å². The highest BCUT2D eigenvalue weighted by Crippen LogP contribution is 2.33. The number of nitrogens with zero attached hydrogens (tertiary/aromatic N) is 1. The number of carbonyl (C=O) groups excluding carboxylic acids is 1. The lowest BCUT2D eigenvalue weighted by Crippen LogP contribution is -2.02. The molecule has 2 aromatic rings. The number of ketones is 1. The molecule has 3 rings (SSSR count). The molecule has 5 heteroatoms. The zero-order valence-electron chi connectivity index (χ0n) is 12.4. The summed E-state index contributed by atoms with van der Waals surface area (Å²) in [6.07, 6.45) is 1.52. The van der Waals surface area contributed by atoms with Crippen molar-refractivity contribution in [1.82, 2.24) is 0 Å². The van der Waals surface area contributed by atoms with E-state index in [1.54, 1.807) is 37.4 Å². The molecule has 0 atom stereocenters. The van der Waals surface area contributed by atoms with E-state index in [2.05, 4.69) is 0 Å². The van der Waals surface area contributed by atoms with Crippen molar-refractivity contribution in [2.45, 2.75) is 0 Å². The summed E-state index contributed by atoms with van der Waals surface area (Å²) in [4.78, 5) is 12.6. The Kier molecular flexibility index (Phi) is 3.98. The third-order valence-corrected chi connectivity index (χ3v) is 3.44. The molecule has 0 N–H and O–H groups in total. The van der Waals surface area contributed by atoms with E-state index in [-0.39, 0.29) is 18.1 Å². The molecule has 0 fully saturated rings. The van der Waals surface area contributed by atoms with Crippen molar-refractivity contribution in [3.63, 3.8) is 0 Å². The Morgan fingerprint density at radius 1 is 1.22 bits per heavy atom. The van der Waals surface area contributed by atoms with Crippen LogP contribution < -0.4 is 14.2 Å². The minimum absolute atomic E-state index is 0.0216. The number of allylic oxidation sites excluding steroid dienone is 1. The number of hydrogen-bond acceptors (Lipinski definition) is 5. The van der Waals surface area contributed by atoms with E-state index in [0.717, 1.165) is 0 Å². The molecule has 0 saturated heterocycles. The first kappa shape index (κ1) is 14.7. The van der Waals surface area contributed by atoms with E-state index in [1.807, 2.05) is 18.2 Å². The summed E-state index contributed by atoms with van der Waals surface area (Å²) in [5, 5.41) is 9.34. The molecule has 0 bridgehead atoms. The van der Waals surface area contributed by atoms with Crippen LogP contribution in [0.4, 0.5) is 0 Å². The fourth-order valence-corrected chi connectivity index (χ4v) is 2.28. The second-order valence-electron chi connectivity index (χ2n) is 4.81. The zero-order chi connectivity index (χ0) is 16.2. The van der Waals surface area contributed by atoms with E-state index in [0.29, 0.717) is 28.4 Å². The van der Waals surface area contributed by atoms with Gasteiger partial charge in [-0.05, 0) is 30.3 Å². The second-order valence-corrected chi connectivity index (χ2v) is 4.81. The molecule has 0 aromatic heterocycles. The first-order valence-corrected chi connectivity index (χ1v) is 6.92. The molecule has 1 heterocycles. The molecular weight excluding hydrogens is 294 g/mol. The Balaban J connectivity index is 1.96. The number of rotatable bonds is 4. The highest BCUT2D eigenvalue weighted by molar-refractivity contribution is 6.14. The molecule has 0 aliphatic carbocycles. The van der Waals surface area contributed by atoms with Crippen molar-refractivity contribution >= 4 is 11.9 Å². The molecule has 114 valence electrons. The van der Waals surface area contributed by atoms with Crippen LogP contribution in [0.15, 0.2) is 48.0 Å². The van der Waals surface area contributed by atoms with E-state index in [1.165, 1.54) is 6.08 Å². The van der Waals surface area contributed by atoms with E-state index in [4.69, 9.17) is 14.2 Å². The highest BCUT2D eigenvalue weighted by Gasteiger charge is 2.19. The molecule has 0 unspecified atom stereocenters. The fraction of sp³-hybridized carbons (Fsp3) is 0.111. The third kappa shape index (κ3) is 2.87. The molecular formula is C18H13NO4. The van der Waals surface area contributed by atoms with Crippen LogP contribution in [0.3, 0.4) is 0 Å². The predicted molar refractivity (Wildman–Crippen MR) is 83.5 cm³/mol. The number of benzene rings is 2. The van der Waals surface area contributed by atoms with Gasteiger partial charge in [0.1, 0.15) is 17.4 Å². The normalized spacial score (nSPS) is 12.6. The maximum absolute atomic E-state index is 12.6. The average Bonchev–Trinajstić information content (AvgIpc) is 3.07. The number of fused-ring (bicyclic) bond motifs is 1. The number of Topliss-reactive ketones (excluding diaryl/α,β-unsaturated/α-hetero) is 1. The van der Waals surface area contributed by atoms with Crippen molar-refractivity contribution in [3.8, 4) is 23.3 Å². The van der Waals surface area contributed by atoms with Gasteiger partial charge >= 0.3 is 0 Å². The van der Waals surface area contributed by atoms with Crippen LogP contribution in [0.25, 0.3) is 6.08 Å². The SMILES string of the molecule is COc1ccccc1/C=C(\C#N)C(=O)c1ccc2c(c1)OCO2. The minimum atomic E-state index is -0.378. The number of carbonyl (C=O) groups is 1. The molecule has 0 amide bonds. The van der Waals surface area contributed by atoms with Gasteiger partial charge in [-0.25, -0.2) is 0 Å². The van der Waals surface area contributed by atoms with Crippen LogP contribution in [-0.4, -0.2) is 19.7 Å². The summed E-state index contributed by atoms with van der Waals surface area (Å²) in [6, 6.07) is 14.0. The zero-order valence-corrected chi connectivity index (χ0v) is 12.4. The molecule has 0 saturated carbocycles. The van der Waals surface area contributed by atoms with Crippen molar-refractivity contribution in [3.05, 3.63) is 59.2 Å². The number of ether oxygens (including phenoxy) is 3. The maximum atomic E-state index is 12.6. The molecule has 0 radical (unpaired) electrons. The summed E-state index contributed by atoms with van der Waals surface area (Å²) in [5.74, 6) is 1.31. The topological polar surface area (TPSA) is 68.5 Å². The number of hydrogen-bond donors (Lipinski definition) is 0. The summed E-state index contributed by atoms with van der Waals surface area (Å²) in [5.41, 5.74) is 1.06. The van der Waals surface area contributed by atoms with E-state index >= 15 is 0 Å². The standard InChI is InChI=1S/C18H13NO4/c1-21-15-5-3-2-4-12(15)8-14(10-19)18(20)13-6-7-16-17(9-13)23-11-22-16/h2-9H,11H2,1H3/b14-8+. The van der Waals surface area contributed by atoms with Crippen LogP contribution in [-0.2, 0) is 0 Å². The van der Waals surface area contributed by atoms with Crippen LogP contribution in [0.1, 0.15) is 15.9 Å². The molecule has 1 aliphatic heterocycles. The number of methoxy groups -OCH3 is 1. The van der Waals surface area contributed by atoms with Gasteiger partial charge in [0.15, 0.2) is 11.5 Å². The van der Waals surface area contributed by atoms with Crippen LogP contribution in [0, 0.1) is 11.3 Å². The maximum Gasteiger partial charge on any atom is 0.231 e. The van der Waals surface area contributed by atoms with Gasteiger partial charge in [0.2, 0.25) is 12.6 Å². The van der Waals surface area contributed by atoms with Gasteiger partial charge in [0, 0.05) is 11.1 Å². The Labute approximate surface area is 133 Å². The predicted octanol–water partition coefficient (Wildman–Crippen LogP) is 3.21. The summed E-state index contributed by atoms with van der Waals surface area (Å²) in [7, 11) is 1.54. The van der Waals surface area contributed by atoms with Crippen LogP contribution in [0.2, 0.25) is 0 Å². The highest BCUT2D eigenvalue weighted by atomic mass is 16.7. The monoisotopic (exact) mass is 307 g/mol. The van der Waals surface area contributed by atoms with Gasteiger partial charge in [0.25, 0.3) is 0 Å². The smallest absolute Gasteiger partial charge is 0.231 e. The summed E-state index contributed by atoms with van der Waals surface area (Å²) in [6.45, 7) is 0.134. The lowest BCUT2D eigenvalue weighted by atomic mass is 10.0. The van der Waals surface area contributed by atoms with Gasteiger partial charge in [0.05, 0.1) is 7.11 Å². The third-order valence-electron chi connectivity index (χ3n) is 3.44. The first-order chi connectivity index (χ1) is 11.2. The molecule has 5 nitrogen and oxygen atoms in total. The molecule has 0 spiro atoms. The Hall–Kier alpha value is -3.26. The quantitative estimate of drug-likeness (QED) is 0.493. The van der Waals surface area contributed by atoms with Crippen molar-refractivity contribution in [2.75, 3.05) is 13.9 Å². The van der Waals surface area contributed by atoms with E-state index in [9.17, 15) is 10.1 Å². The van der Waals surface area contributed by atoms with Crippen molar-refractivity contribution in [2.24, 2.45) is 0 Å². The van der Waals surface area contributed by atoms with Gasteiger partial charge in [-0.15, -0.1) is 0 Å². The van der Waals surface area contributed by atoms with Gasteiger partial charge in [-0.1, -0.05) is 18.2 Å².